The number of carbonyl (C=O) groups excluding carboxylic acids is 2. The lowest BCUT2D eigenvalue weighted by Crippen LogP contribution is -2.36. The van der Waals surface area contributed by atoms with Crippen LogP contribution in [0.25, 0.3) is 12.2 Å². The van der Waals surface area contributed by atoms with E-state index in [1.54, 1.807) is 20.0 Å². The molecule has 0 amide bonds. The fourth-order valence-corrected chi connectivity index (χ4v) is 4.38. The van der Waals surface area contributed by atoms with Crippen molar-refractivity contribution in [1.82, 2.24) is 0 Å². The van der Waals surface area contributed by atoms with Gasteiger partial charge in [0.25, 0.3) is 0 Å². The predicted octanol–water partition coefficient (Wildman–Crippen LogP) is 3.28. The molecule has 0 aromatic heterocycles. The van der Waals surface area contributed by atoms with Gasteiger partial charge in [0.2, 0.25) is 0 Å². The second-order valence-electron chi connectivity index (χ2n) is 6.84. The Bertz CT molecular complexity index is 904. The van der Waals surface area contributed by atoms with Gasteiger partial charge < -0.3 is 9.47 Å². The molecule has 7 heteroatoms. The molecular weight excluding hydrogens is 402 g/mol. The highest BCUT2D eigenvalue weighted by Crippen LogP contribution is 2.37. The number of alkyl halides is 1. The molecule has 2 aromatic rings. The standard InChI is InChI=1S/C23H22BFO4S/c24-23-21(25)22(29-20(27)14-12-17-9-5-2-6-10-17)18(30-23)15-28-19(26)13-11-16-7-3-1-4-8-16/h1-14,18,21-23H,15,24H2/b13-11+,14-12+/t18-,21+,22?,23+/m1/s1. The van der Waals surface area contributed by atoms with Gasteiger partial charge in [-0.15, -0.1) is 0 Å². The molecule has 1 fully saturated rings. The summed E-state index contributed by atoms with van der Waals surface area (Å²) < 4.78 is 25.2. The van der Waals surface area contributed by atoms with Gasteiger partial charge in [-0.25, -0.2) is 14.0 Å². The molecule has 0 N–H and O–H groups in total. The van der Waals surface area contributed by atoms with Crippen molar-refractivity contribution in [2.75, 3.05) is 6.61 Å². The normalized spacial score (nSPS) is 23.6. The van der Waals surface area contributed by atoms with Gasteiger partial charge in [0.1, 0.15) is 26.7 Å². The molecule has 4 atom stereocenters. The van der Waals surface area contributed by atoms with Crippen LogP contribution in [-0.2, 0) is 19.1 Å². The largest absolute Gasteiger partial charge is 0.461 e. The molecule has 4 nitrogen and oxygen atoms in total. The minimum atomic E-state index is -1.33. The van der Waals surface area contributed by atoms with E-state index in [1.807, 2.05) is 60.7 Å². The Kier molecular flexibility index (Phi) is 7.91. The molecule has 1 aliphatic rings. The summed E-state index contributed by atoms with van der Waals surface area (Å²) in [6.07, 6.45) is 3.58. The lowest BCUT2D eigenvalue weighted by molar-refractivity contribution is -0.147. The Morgan fingerprint density at radius 1 is 0.933 bits per heavy atom. The average molecular weight is 424 g/mol. The zero-order valence-electron chi connectivity index (χ0n) is 16.5. The van der Waals surface area contributed by atoms with Crippen LogP contribution in [0.1, 0.15) is 11.1 Å². The molecule has 1 heterocycles. The van der Waals surface area contributed by atoms with Crippen LogP contribution in [0.15, 0.2) is 72.8 Å². The third kappa shape index (κ3) is 6.35. The van der Waals surface area contributed by atoms with Gasteiger partial charge >= 0.3 is 11.9 Å². The van der Waals surface area contributed by atoms with Crippen molar-refractivity contribution in [3.8, 4) is 0 Å². The van der Waals surface area contributed by atoms with Gasteiger partial charge in [-0.1, -0.05) is 60.7 Å². The molecule has 0 aliphatic carbocycles. The number of hydrogen-bond acceptors (Lipinski definition) is 5. The quantitative estimate of drug-likeness (QED) is 0.388. The van der Waals surface area contributed by atoms with E-state index >= 15 is 0 Å². The van der Waals surface area contributed by atoms with Crippen LogP contribution >= 0.6 is 11.8 Å². The van der Waals surface area contributed by atoms with Crippen LogP contribution in [0.4, 0.5) is 4.39 Å². The number of rotatable bonds is 7. The average Bonchev–Trinajstić information content (AvgIpc) is 3.04. The van der Waals surface area contributed by atoms with Gasteiger partial charge in [0.15, 0.2) is 0 Å². The zero-order chi connectivity index (χ0) is 21.3. The highest BCUT2D eigenvalue weighted by atomic mass is 32.2. The second-order valence-corrected chi connectivity index (χ2v) is 8.46. The fraction of sp³-hybridized carbons (Fsp3) is 0.217. The molecule has 0 saturated carbocycles. The molecule has 1 aliphatic heterocycles. The number of esters is 2. The summed E-state index contributed by atoms with van der Waals surface area (Å²) in [7, 11) is 1.73. The first-order valence-electron chi connectivity index (χ1n) is 9.66. The van der Waals surface area contributed by atoms with Crippen molar-refractivity contribution in [3.63, 3.8) is 0 Å². The number of halogens is 1. The zero-order valence-corrected chi connectivity index (χ0v) is 17.3. The van der Waals surface area contributed by atoms with Crippen molar-refractivity contribution in [2.45, 2.75) is 22.7 Å². The van der Waals surface area contributed by atoms with Crippen LogP contribution in [0.3, 0.4) is 0 Å². The van der Waals surface area contributed by atoms with E-state index in [0.29, 0.717) is 0 Å². The number of benzene rings is 2. The van der Waals surface area contributed by atoms with E-state index < -0.39 is 29.5 Å². The van der Waals surface area contributed by atoms with Crippen molar-refractivity contribution in [2.24, 2.45) is 0 Å². The SMILES string of the molecule is B[C@H]1S[C@H](COC(=O)/C=C/c2ccccc2)C(OC(=O)/C=C/c2ccccc2)[C@@H]1F. The third-order valence-electron chi connectivity index (χ3n) is 4.58. The highest BCUT2D eigenvalue weighted by molar-refractivity contribution is 8.02. The molecule has 154 valence electrons. The number of thioether (sulfide) groups is 1. The molecule has 3 rings (SSSR count). The summed E-state index contributed by atoms with van der Waals surface area (Å²) in [6, 6.07) is 18.6. The van der Waals surface area contributed by atoms with Crippen LogP contribution in [0.2, 0.25) is 0 Å². The third-order valence-corrected chi connectivity index (χ3v) is 6.03. The van der Waals surface area contributed by atoms with Gasteiger partial charge in [0, 0.05) is 17.3 Å². The van der Waals surface area contributed by atoms with E-state index in [2.05, 4.69) is 0 Å². The summed E-state index contributed by atoms with van der Waals surface area (Å²) in [6.45, 7) is -0.0340. The highest BCUT2D eigenvalue weighted by Gasteiger charge is 2.45. The van der Waals surface area contributed by atoms with Crippen LogP contribution in [0.5, 0.6) is 0 Å². The maximum Gasteiger partial charge on any atom is 0.331 e. The van der Waals surface area contributed by atoms with E-state index in [0.717, 1.165) is 11.1 Å². The van der Waals surface area contributed by atoms with Crippen molar-refractivity contribution in [1.29, 1.82) is 0 Å². The first-order valence-corrected chi connectivity index (χ1v) is 10.6. The monoisotopic (exact) mass is 424 g/mol. The van der Waals surface area contributed by atoms with Crippen molar-refractivity contribution in [3.05, 3.63) is 83.9 Å². The first kappa shape index (κ1) is 21.9. The lowest BCUT2D eigenvalue weighted by atomic mass is 9.95. The van der Waals surface area contributed by atoms with Crippen LogP contribution < -0.4 is 0 Å². The first-order chi connectivity index (χ1) is 14.5. The summed E-state index contributed by atoms with van der Waals surface area (Å²) in [4.78, 5) is 24.2. The molecule has 1 saturated heterocycles. The van der Waals surface area contributed by atoms with E-state index in [1.165, 1.54) is 23.9 Å². The summed E-state index contributed by atoms with van der Waals surface area (Å²) in [5.41, 5.74) is 1.72. The Hall–Kier alpha value is -2.80. The molecule has 0 bridgehead atoms. The Labute approximate surface area is 180 Å². The Morgan fingerprint density at radius 2 is 1.47 bits per heavy atom. The van der Waals surface area contributed by atoms with Crippen LogP contribution in [-0.4, -0.2) is 49.1 Å². The van der Waals surface area contributed by atoms with Crippen molar-refractivity contribution < 1.29 is 23.5 Å². The van der Waals surface area contributed by atoms with Gasteiger partial charge in [0.05, 0.1) is 5.25 Å². The smallest absolute Gasteiger partial charge is 0.331 e. The molecule has 30 heavy (non-hydrogen) atoms. The van der Waals surface area contributed by atoms with Gasteiger partial charge in [-0.3, -0.25) is 0 Å². The number of ether oxygens (including phenoxy) is 2. The summed E-state index contributed by atoms with van der Waals surface area (Å²) in [5, 5.41) is -0.817. The van der Waals surface area contributed by atoms with E-state index in [4.69, 9.17) is 9.47 Å². The predicted molar refractivity (Wildman–Crippen MR) is 120 cm³/mol. The maximum absolute atomic E-state index is 14.6. The van der Waals surface area contributed by atoms with Crippen LogP contribution in [0, 0.1) is 0 Å². The summed E-state index contributed by atoms with van der Waals surface area (Å²) in [5.74, 6) is -1.15. The number of carbonyl (C=O) groups is 2. The number of hydrogen-bond donors (Lipinski definition) is 0. The molecule has 0 spiro atoms. The molecule has 1 unspecified atom stereocenters. The maximum atomic E-state index is 14.6. The van der Waals surface area contributed by atoms with E-state index in [9.17, 15) is 14.0 Å². The Morgan fingerprint density at radius 3 is 2.03 bits per heavy atom. The van der Waals surface area contributed by atoms with E-state index in [-0.39, 0.29) is 11.8 Å². The Balaban J connectivity index is 1.54. The van der Waals surface area contributed by atoms with Gasteiger partial charge in [-0.05, 0) is 23.3 Å². The lowest BCUT2D eigenvalue weighted by Gasteiger charge is -2.19. The molecular formula is C23H22BFO4S. The molecule has 2 aromatic carbocycles. The molecule has 0 radical (unpaired) electrons. The topological polar surface area (TPSA) is 52.6 Å². The summed E-state index contributed by atoms with van der Waals surface area (Å²) >= 11 is 1.32. The minimum Gasteiger partial charge on any atom is -0.461 e. The minimum absolute atomic E-state index is 0.0340. The second kappa shape index (κ2) is 10.8. The fourth-order valence-electron chi connectivity index (χ4n) is 3.02. The van der Waals surface area contributed by atoms with Crippen molar-refractivity contribution >= 4 is 43.7 Å². The van der Waals surface area contributed by atoms with Gasteiger partial charge in [-0.2, -0.15) is 11.8 Å².